The van der Waals surface area contributed by atoms with E-state index in [1.807, 2.05) is 55.5 Å². The van der Waals surface area contributed by atoms with E-state index in [0.29, 0.717) is 11.3 Å². The standard InChI is InChI=1S/C20H15BrN6OS/c1-13-6-8-15(27-12-23-25-26-27)10-17(13)24-20(28)16-4-2-3-5-18(16)29-19-9-7-14(21)11-22-19/h2-12H,1H3,(H,24,28). The summed E-state index contributed by atoms with van der Waals surface area (Å²) in [5, 5.41) is 15.0. The molecule has 1 amide bonds. The van der Waals surface area contributed by atoms with Crippen molar-refractivity contribution in [1.29, 1.82) is 0 Å². The number of nitrogens with zero attached hydrogens (tertiary/aromatic N) is 5. The number of aromatic nitrogens is 5. The Labute approximate surface area is 179 Å². The van der Waals surface area contributed by atoms with Gasteiger partial charge in [-0.1, -0.05) is 30.0 Å². The molecule has 2 heterocycles. The van der Waals surface area contributed by atoms with Gasteiger partial charge in [0.15, 0.2) is 0 Å². The summed E-state index contributed by atoms with van der Waals surface area (Å²) in [5.41, 5.74) is 2.98. The van der Waals surface area contributed by atoms with Crippen LogP contribution in [0.15, 0.2) is 81.5 Å². The molecule has 0 saturated carbocycles. The molecule has 0 saturated heterocycles. The number of halogens is 1. The number of hydrogen-bond acceptors (Lipinski definition) is 6. The third-order valence-electron chi connectivity index (χ3n) is 4.13. The van der Waals surface area contributed by atoms with E-state index in [1.54, 1.807) is 12.3 Å². The van der Waals surface area contributed by atoms with Gasteiger partial charge in [-0.25, -0.2) is 9.67 Å². The van der Waals surface area contributed by atoms with Crippen molar-refractivity contribution in [2.75, 3.05) is 5.32 Å². The lowest BCUT2D eigenvalue weighted by Crippen LogP contribution is -2.14. The Morgan fingerprint density at radius 1 is 1.14 bits per heavy atom. The molecular formula is C20H15BrN6OS. The molecule has 0 aliphatic heterocycles. The quantitative estimate of drug-likeness (QED) is 0.464. The molecule has 0 radical (unpaired) electrons. The van der Waals surface area contributed by atoms with Gasteiger partial charge in [0.1, 0.15) is 11.4 Å². The summed E-state index contributed by atoms with van der Waals surface area (Å²) < 4.78 is 2.45. The number of carbonyl (C=O) groups excluding carboxylic acids is 1. The van der Waals surface area contributed by atoms with Crippen molar-refractivity contribution in [3.63, 3.8) is 0 Å². The highest BCUT2D eigenvalue weighted by molar-refractivity contribution is 9.10. The Morgan fingerprint density at radius 2 is 2.00 bits per heavy atom. The van der Waals surface area contributed by atoms with Crippen LogP contribution in [0.2, 0.25) is 0 Å². The molecule has 29 heavy (non-hydrogen) atoms. The van der Waals surface area contributed by atoms with Crippen LogP contribution < -0.4 is 5.32 Å². The summed E-state index contributed by atoms with van der Waals surface area (Å²) in [5.74, 6) is -0.192. The number of tetrazole rings is 1. The molecule has 2 aromatic carbocycles. The van der Waals surface area contributed by atoms with Gasteiger partial charge < -0.3 is 5.32 Å². The first kappa shape index (κ1) is 19.3. The van der Waals surface area contributed by atoms with Crippen molar-refractivity contribution >= 4 is 39.3 Å². The first-order chi connectivity index (χ1) is 14.1. The van der Waals surface area contributed by atoms with Crippen LogP contribution in [-0.4, -0.2) is 31.1 Å². The zero-order chi connectivity index (χ0) is 20.2. The number of rotatable bonds is 5. The third-order valence-corrected chi connectivity index (χ3v) is 5.62. The highest BCUT2D eigenvalue weighted by atomic mass is 79.9. The minimum atomic E-state index is -0.192. The number of anilines is 1. The molecule has 0 unspecified atom stereocenters. The average molecular weight is 467 g/mol. The minimum Gasteiger partial charge on any atom is -0.322 e. The van der Waals surface area contributed by atoms with E-state index in [0.717, 1.165) is 25.6 Å². The average Bonchev–Trinajstić information content (AvgIpc) is 3.26. The number of carbonyl (C=O) groups is 1. The molecular weight excluding hydrogens is 452 g/mol. The lowest BCUT2D eigenvalue weighted by molar-refractivity contribution is 0.102. The van der Waals surface area contributed by atoms with Gasteiger partial charge in [-0.05, 0) is 75.2 Å². The lowest BCUT2D eigenvalue weighted by Gasteiger charge is -2.12. The number of hydrogen-bond donors (Lipinski definition) is 1. The van der Waals surface area contributed by atoms with Gasteiger partial charge >= 0.3 is 0 Å². The van der Waals surface area contributed by atoms with Gasteiger partial charge in [-0.2, -0.15) is 0 Å². The molecule has 0 aliphatic rings. The van der Waals surface area contributed by atoms with Gasteiger partial charge in [0.2, 0.25) is 0 Å². The van der Waals surface area contributed by atoms with Crippen LogP contribution in [0.4, 0.5) is 5.69 Å². The summed E-state index contributed by atoms with van der Waals surface area (Å²) in [6.45, 7) is 1.94. The summed E-state index contributed by atoms with van der Waals surface area (Å²) in [6.07, 6.45) is 3.24. The van der Waals surface area contributed by atoms with E-state index in [4.69, 9.17) is 0 Å². The predicted molar refractivity (Wildman–Crippen MR) is 114 cm³/mol. The number of aryl methyl sites for hydroxylation is 1. The fourth-order valence-electron chi connectivity index (χ4n) is 2.63. The number of nitrogens with one attached hydrogen (secondary N) is 1. The lowest BCUT2D eigenvalue weighted by atomic mass is 10.1. The van der Waals surface area contributed by atoms with Crippen molar-refractivity contribution in [2.45, 2.75) is 16.8 Å². The van der Waals surface area contributed by atoms with E-state index in [2.05, 4.69) is 41.8 Å². The molecule has 4 rings (SSSR count). The molecule has 4 aromatic rings. The number of pyridine rings is 1. The first-order valence-corrected chi connectivity index (χ1v) is 10.2. The maximum atomic E-state index is 13.0. The largest absolute Gasteiger partial charge is 0.322 e. The van der Waals surface area contributed by atoms with Gasteiger partial charge in [0.05, 0.1) is 11.3 Å². The van der Waals surface area contributed by atoms with Crippen molar-refractivity contribution in [3.8, 4) is 5.69 Å². The summed E-state index contributed by atoms with van der Waals surface area (Å²) in [4.78, 5) is 18.2. The Balaban J connectivity index is 1.59. The highest BCUT2D eigenvalue weighted by Crippen LogP contribution is 2.30. The van der Waals surface area contributed by atoms with Crippen LogP contribution in [0.25, 0.3) is 5.69 Å². The minimum absolute atomic E-state index is 0.192. The number of benzene rings is 2. The van der Waals surface area contributed by atoms with Crippen molar-refractivity contribution in [3.05, 3.63) is 82.7 Å². The fourth-order valence-corrected chi connectivity index (χ4v) is 3.75. The topological polar surface area (TPSA) is 85.6 Å². The van der Waals surface area contributed by atoms with Crippen LogP contribution >= 0.6 is 27.7 Å². The van der Waals surface area contributed by atoms with Crippen LogP contribution in [0.3, 0.4) is 0 Å². The maximum Gasteiger partial charge on any atom is 0.256 e. The molecule has 9 heteroatoms. The van der Waals surface area contributed by atoms with E-state index in [9.17, 15) is 4.79 Å². The van der Waals surface area contributed by atoms with Gasteiger partial charge in [0, 0.05) is 21.3 Å². The van der Waals surface area contributed by atoms with Crippen molar-refractivity contribution in [1.82, 2.24) is 25.2 Å². The second-order valence-corrected chi connectivity index (χ2v) is 8.10. The maximum absolute atomic E-state index is 13.0. The summed E-state index contributed by atoms with van der Waals surface area (Å²) in [7, 11) is 0. The van der Waals surface area contributed by atoms with Gasteiger partial charge in [0.25, 0.3) is 5.91 Å². The summed E-state index contributed by atoms with van der Waals surface area (Å²) in [6, 6.07) is 16.9. The van der Waals surface area contributed by atoms with E-state index < -0.39 is 0 Å². The number of amides is 1. The van der Waals surface area contributed by atoms with Crippen LogP contribution in [0, 0.1) is 6.92 Å². The van der Waals surface area contributed by atoms with E-state index >= 15 is 0 Å². The van der Waals surface area contributed by atoms with Crippen LogP contribution in [-0.2, 0) is 0 Å². The molecule has 1 N–H and O–H groups in total. The smallest absolute Gasteiger partial charge is 0.256 e. The summed E-state index contributed by atoms with van der Waals surface area (Å²) >= 11 is 4.83. The Bertz CT molecular complexity index is 1150. The molecule has 0 atom stereocenters. The predicted octanol–water partition coefficient (Wildman–Crippen LogP) is 4.53. The second-order valence-electron chi connectivity index (χ2n) is 6.12. The van der Waals surface area contributed by atoms with E-state index in [1.165, 1.54) is 22.8 Å². The zero-order valence-electron chi connectivity index (χ0n) is 15.3. The third kappa shape index (κ3) is 4.52. The Hall–Kier alpha value is -3.04. The Kier molecular flexibility index (Phi) is 5.68. The fraction of sp³-hybridized carbons (Fsp3) is 0.0500. The van der Waals surface area contributed by atoms with Gasteiger partial charge in [-0.15, -0.1) is 5.10 Å². The van der Waals surface area contributed by atoms with Crippen molar-refractivity contribution in [2.24, 2.45) is 0 Å². The normalized spacial score (nSPS) is 10.7. The highest BCUT2D eigenvalue weighted by Gasteiger charge is 2.14. The van der Waals surface area contributed by atoms with Crippen LogP contribution in [0.1, 0.15) is 15.9 Å². The second kappa shape index (κ2) is 8.54. The molecule has 0 aliphatic carbocycles. The molecule has 7 nitrogen and oxygen atoms in total. The molecule has 144 valence electrons. The van der Waals surface area contributed by atoms with Crippen molar-refractivity contribution < 1.29 is 4.79 Å². The zero-order valence-corrected chi connectivity index (χ0v) is 17.7. The SMILES string of the molecule is Cc1ccc(-n2cnnn2)cc1NC(=O)c1ccccc1Sc1ccc(Br)cn1. The van der Waals surface area contributed by atoms with Crippen LogP contribution in [0.5, 0.6) is 0 Å². The molecule has 0 spiro atoms. The molecule has 0 bridgehead atoms. The monoisotopic (exact) mass is 466 g/mol. The molecule has 2 aromatic heterocycles. The molecule has 0 fully saturated rings. The Morgan fingerprint density at radius 3 is 2.76 bits per heavy atom. The van der Waals surface area contributed by atoms with E-state index in [-0.39, 0.29) is 5.91 Å². The van der Waals surface area contributed by atoms with Gasteiger partial charge in [-0.3, -0.25) is 4.79 Å². The first-order valence-electron chi connectivity index (χ1n) is 8.64.